The van der Waals surface area contributed by atoms with Crippen LogP contribution < -0.4 is 20.1 Å². The second-order valence-corrected chi connectivity index (χ2v) is 6.81. The zero-order chi connectivity index (χ0) is 18.7. The normalized spacial score (nSPS) is 15.3. The van der Waals surface area contributed by atoms with Gasteiger partial charge in [-0.2, -0.15) is 0 Å². The molecule has 1 aliphatic heterocycles. The molecule has 1 aromatic carbocycles. The Labute approximate surface area is 153 Å². The maximum atomic E-state index is 13.2. The smallest absolute Gasteiger partial charge is 0.238 e. The second-order valence-electron chi connectivity index (χ2n) is 6.81. The standard InChI is InChI=1S/C20H25N3O3/c1-13(2)15-7-5-6-8-16(15)20(11-21-12-20)19(24)23-18-17(26-4)9-14(25-3)10-22-18/h5-10,13,21H,11-12H2,1-4H3,(H,22,23,24). The lowest BCUT2D eigenvalue weighted by atomic mass is 9.71. The number of anilines is 1. The first kappa shape index (κ1) is 18.2. The van der Waals surface area contributed by atoms with Crippen LogP contribution in [0.3, 0.4) is 0 Å². The van der Waals surface area contributed by atoms with Crippen LogP contribution in [0.2, 0.25) is 0 Å². The van der Waals surface area contributed by atoms with Crippen molar-refractivity contribution >= 4 is 11.7 Å². The summed E-state index contributed by atoms with van der Waals surface area (Å²) < 4.78 is 10.5. The average molecular weight is 355 g/mol. The largest absolute Gasteiger partial charge is 0.495 e. The molecule has 0 aliphatic carbocycles. The number of aromatic nitrogens is 1. The summed E-state index contributed by atoms with van der Waals surface area (Å²) in [5.41, 5.74) is 1.66. The van der Waals surface area contributed by atoms with Gasteiger partial charge in [-0.05, 0) is 17.0 Å². The van der Waals surface area contributed by atoms with E-state index in [1.54, 1.807) is 26.5 Å². The first-order valence-electron chi connectivity index (χ1n) is 8.71. The van der Waals surface area contributed by atoms with E-state index in [1.165, 1.54) is 5.56 Å². The first-order chi connectivity index (χ1) is 12.5. The highest BCUT2D eigenvalue weighted by molar-refractivity contribution is 6.01. The lowest BCUT2D eigenvalue weighted by molar-refractivity contribution is -0.123. The summed E-state index contributed by atoms with van der Waals surface area (Å²) in [6.07, 6.45) is 1.56. The van der Waals surface area contributed by atoms with Gasteiger partial charge in [0, 0.05) is 19.2 Å². The zero-order valence-electron chi connectivity index (χ0n) is 15.6. The van der Waals surface area contributed by atoms with Crippen molar-refractivity contribution in [2.45, 2.75) is 25.2 Å². The molecule has 1 aromatic heterocycles. The Hall–Kier alpha value is -2.60. The number of ether oxygens (including phenoxy) is 2. The SMILES string of the molecule is COc1cnc(NC(=O)C2(c3ccccc3C(C)C)CNC2)c(OC)c1. The van der Waals surface area contributed by atoms with Gasteiger partial charge in [0.1, 0.15) is 5.75 Å². The summed E-state index contributed by atoms with van der Waals surface area (Å²) in [6.45, 7) is 5.48. The van der Waals surface area contributed by atoms with Crippen molar-refractivity contribution in [2.75, 3.05) is 32.6 Å². The monoisotopic (exact) mass is 355 g/mol. The van der Waals surface area contributed by atoms with E-state index in [2.05, 4.69) is 41.6 Å². The van der Waals surface area contributed by atoms with E-state index in [0.29, 0.717) is 36.3 Å². The van der Waals surface area contributed by atoms with Crippen molar-refractivity contribution in [1.82, 2.24) is 10.3 Å². The van der Waals surface area contributed by atoms with Gasteiger partial charge in [0.15, 0.2) is 11.6 Å². The number of nitrogens with one attached hydrogen (secondary N) is 2. The van der Waals surface area contributed by atoms with Gasteiger partial charge in [-0.1, -0.05) is 38.1 Å². The molecule has 0 atom stereocenters. The van der Waals surface area contributed by atoms with Gasteiger partial charge in [0.2, 0.25) is 5.91 Å². The fourth-order valence-corrected chi connectivity index (χ4v) is 3.30. The molecule has 3 rings (SSSR count). The number of carbonyl (C=O) groups is 1. The van der Waals surface area contributed by atoms with Crippen LogP contribution in [0.4, 0.5) is 5.82 Å². The number of rotatable bonds is 6. The van der Waals surface area contributed by atoms with Gasteiger partial charge in [-0.3, -0.25) is 4.79 Å². The Morgan fingerprint density at radius 1 is 1.23 bits per heavy atom. The maximum Gasteiger partial charge on any atom is 0.238 e. The molecule has 0 radical (unpaired) electrons. The molecule has 0 saturated carbocycles. The minimum Gasteiger partial charge on any atom is -0.495 e. The van der Waals surface area contributed by atoms with Crippen molar-refractivity contribution < 1.29 is 14.3 Å². The van der Waals surface area contributed by atoms with Gasteiger partial charge in [0.25, 0.3) is 0 Å². The molecule has 2 N–H and O–H groups in total. The summed E-state index contributed by atoms with van der Waals surface area (Å²) in [6, 6.07) is 9.86. The highest BCUT2D eigenvalue weighted by Gasteiger charge is 2.47. The van der Waals surface area contributed by atoms with E-state index in [9.17, 15) is 4.79 Å². The van der Waals surface area contributed by atoms with E-state index >= 15 is 0 Å². The van der Waals surface area contributed by atoms with E-state index < -0.39 is 5.41 Å². The van der Waals surface area contributed by atoms with E-state index in [4.69, 9.17) is 9.47 Å². The highest BCUT2D eigenvalue weighted by Crippen LogP contribution is 2.36. The molecule has 2 heterocycles. The van der Waals surface area contributed by atoms with Crippen molar-refractivity contribution in [3.8, 4) is 11.5 Å². The van der Waals surface area contributed by atoms with Crippen molar-refractivity contribution in [2.24, 2.45) is 0 Å². The van der Waals surface area contributed by atoms with Crippen molar-refractivity contribution in [3.63, 3.8) is 0 Å². The molecule has 0 bridgehead atoms. The lowest BCUT2D eigenvalue weighted by Gasteiger charge is -2.43. The van der Waals surface area contributed by atoms with Crippen LogP contribution in [0.15, 0.2) is 36.5 Å². The number of hydrogen-bond donors (Lipinski definition) is 2. The molecule has 26 heavy (non-hydrogen) atoms. The Balaban J connectivity index is 1.94. The minimum atomic E-state index is -0.604. The molecule has 1 aliphatic rings. The molecule has 2 aromatic rings. The van der Waals surface area contributed by atoms with Gasteiger partial charge < -0.3 is 20.1 Å². The number of hydrogen-bond acceptors (Lipinski definition) is 5. The Morgan fingerprint density at radius 2 is 1.96 bits per heavy atom. The summed E-state index contributed by atoms with van der Waals surface area (Å²) in [5, 5.41) is 6.20. The molecule has 0 unspecified atom stereocenters. The Bertz CT molecular complexity index is 801. The number of pyridine rings is 1. The number of benzene rings is 1. The summed E-state index contributed by atoms with van der Waals surface area (Å²) in [4.78, 5) is 17.5. The van der Waals surface area contributed by atoms with E-state index in [1.807, 2.05) is 12.1 Å². The Kier molecular flexibility index (Phi) is 5.13. The van der Waals surface area contributed by atoms with Gasteiger partial charge in [-0.25, -0.2) is 4.98 Å². The predicted octanol–water partition coefficient (Wildman–Crippen LogP) is 2.70. The van der Waals surface area contributed by atoms with Crippen molar-refractivity contribution in [1.29, 1.82) is 0 Å². The van der Waals surface area contributed by atoms with Gasteiger partial charge in [0.05, 0.1) is 25.8 Å². The number of carbonyl (C=O) groups excluding carboxylic acids is 1. The predicted molar refractivity (Wildman–Crippen MR) is 101 cm³/mol. The van der Waals surface area contributed by atoms with E-state index in [0.717, 1.165) is 5.56 Å². The molecule has 138 valence electrons. The Morgan fingerprint density at radius 3 is 2.54 bits per heavy atom. The van der Waals surface area contributed by atoms with Crippen LogP contribution in [0, 0.1) is 0 Å². The van der Waals surface area contributed by atoms with Crippen molar-refractivity contribution in [3.05, 3.63) is 47.7 Å². The van der Waals surface area contributed by atoms with E-state index in [-0.39, 0.29) is 5.91 Å². The third kappa shape index (κ3) is 3.12. The average Bonchev–Trinajstić information content (AvgIpc) is 2.61. The number of methoxy groups -OCH3 is 2. The quantitative estimate of drug-likeness (QED) is 0.834. The second kappa shape index (κ2) is 7.33. The van der Waals surface area contributed by atoms with Gasteiger partial charge in [-0.15, -0.1) is 0 Å². The molecule has 0 spiro atoms. The summed E-state index contributed by atoms with van der Waals surface area (Å²) in [5.74, 6) is 1.69. The molecule has 6 heteroatoms. The molecule has 6 nitrogen and oxygen atoms in total. The molecule has 1 amide bonds. The third-order valence-electron chi connectivity index (χ3n) is 4.90. The van der Waals surface area contributed by atoms with Crippen LogP contribution >= 0.6 is 0 Å². The fourth-order valence-electron chi connectivity index (χ4n) is 3.30. The highest BCUT2D eigenvalue weighted by atomic mass is 16.5. The number of nitrogens with zero attached hydrogens (tertiary/aromatic N) is 1. The van der Waals surface area contributed by atoms with Crippen LogP contribution in [-0.2, 0) is 10.2 Å². The zero-order valence-corrected chi connectivity index (χ0v) is 15.6. The maximum absolute atomic E-state index is 13.2. The lowest BCUT2D eigenvalue weighted by Crippen LogP contribution is -2.63. The van der Waals surface area contributed by atoms with Crippen LogP contribution in [-0.4, -0.2) is 38.2 Å². The van der Waals surface area contributed by atoms with Crippen LogP contribution in [0.25, 0.3) is 0 Å². The summed E-state index contributed by atoms with van der Waals surface area (Å²) in [7, 11) is 3.10. The fraction of sp³-hybridized carbons (Fsp3) is 0.400. The topological polar surface area (TPSA) is 72.5 Å². The third-order valence-corrected chi connectivity index (χ3v) is 4.90. The summed E-state index contributed by atoms with van der Waals surface area (Å²) >= 11 is 0. The first-order valence-corrected chi connectivity index (χ1v) is 8.71. The minimum absolute atomic E-state index is 0.0830. The van der Waals surface area contributed by atoms with Crippen LogP contribution in [0.1, 0.15) is 30.9 Å². The van der Waals surface area contributed by atoms with Crippen LogP contribution in [0.5, 0.6) is 11.5 Å². The molecule has 1 saturated heterocycles. The van der Waals surface area contributed by atoms with Gasteiger partial charge >= 0.3 is 0 Å². The molecular weight excluding hydrogens is 330 g/mol. The molecular formula is C20H25N3O3. The number of amides is 1. The molecule has 1 fully saturated rings.